The molecule has 0 bridgehead atoms. The molecule has 0 saturated heterocycles. The van der Waals surface area contributed by atoms with Gasteiger partial charge in [0.2, 0.25) is 5.91 Å². The summed E-state index contributed by atoms with van der Waals surface area (Å²) >= 11 is 0. The van der Waals surface area contributed by atoms with Crippen LogP contribution in [0, 0.1) is 6.92 Å². The van der Waals surface area contributed by atoms with E-state index in [0.29, 0.717) is 11.4 Å². The van der Waals surface area contributed by atoms with Crippen LogP contribution in [0.1, 0.15) is 15.9 Å². The molecule has 1 aromatic carbocycles. The van der Waals surface area contributed by atoms with Gasteiger partial charge in [0, 0.05) is 11.8 Å². The standard InChI is InChI=1S/C15H15N3O2/c1-11-6-2-3-7-12(11)15(20)17-10-14(19)18-13-8-4-5-9-16-13/h2-9H,10H2,1H3,(H,17,20)(H,16,18,19). The van der Waals surface area contributed by atoms with E-state index in [2.05, 4.69) is 15.6 Å². The topological polar surface area (TPSA) is 71.1 Å². The molecule has 0 saturated carbocycles. The van der Waals surface area contributed by atoms with Gasteiger partial charge in [-0.3, -0.25) is 9.59 Å². The highest BCUT2D eigenvalue weighted by Gasteiger charge is 2.10. The van der Waals surface area contributed by atoms with Crippen LogP contribution < -0.4 is 10.6 Å². The molecule has 2 amide bonds. The Labute approximate surface area is 117 Å². The van der Waals surface area contributed by atoms with E-state index in [-0.39, 0.29) is 18.4 Å². The Balaban J connectivity index is 1.88. The number of benzene rings is 1. The number of anilines is 1. The van der Waals surface area contributed by atoms with Crippen molar-refractivity contribution < 1.29 is 9.59 Å². The van der Waals surface area contributed by atoms with Crippen molar-refractivity contribution in [1.29, 1.82) is 0 Å². The molecule has 0 aliphatic heterocycles. The monoisotopic (exact) mass is 269 g/mol. The van der Waals surface area contributed by atoms with Crippen molar-refractivity contribution in [2.75, 3.05) is 11.9 Å². The maximum Gasteiger partial charge on any atom is 0.251 e. The van der Waals surface area contributed by atoms with Gasteiger partial charge in [-0.15, -0.1) is 0 Å². The van der Waals surface area contributed by atoms with Crippen molar-refractivity contribution in [3.63, 3.8) is 0 Å². The van der Waals surface area contributed by atoms with Gasteiger partial charge >= 0.3 is 0 Å². The predicted molar refractivity (Wildman–Crippen MR) is 76.4 cm³/mol. The smallest absolute Gasteiger partial charge is 0.251 e. The number of aryl methyl sites for hydroxylation is 1. The largest absolute Gasteiger partial charge is 0.343 e. The summed E-state index contributed by atoms with van der Waals surface area (Å²) in [6.07, 6.45) is 1.58. The molecular weight excluding hydrogens is 254 g/mol. The number of carbonyl (C=O) groups is 2. The lowest BCUT2D eigenvalue weighted by Crippen LogP contribution is -2.33. The fourth-order valence-corrected chi connectivity index (χ4v) is 1.71. The summed E-state index contributed by atoms with van der Waals surface area (Å²) in [4.78, 5) is 27.6. The summed E-state index contributed by atoms with van der Waals surface area (Å²) < 4.78 is 0. The fourth-order valence-electron chi connectivity index (χ4n) is 1.71. The molecule has 1 aromatic heterocycles. The first-order chi connectivity index (χ1) is 9.66. The highest BCUT2D eigenvalue weighted by Crippen LogP contribution is 2.06. The molecule has 2 rings (SSSR count). The van der Waals surface area contributed by atoms with Crippen molar-refractivity contribution in [2.45, 2.75) is 6.92 Å². The van der Waals surface area contributed by atoms with Crippen LogP contribution in [0.2, 0.25) is 0 Å². The number of carbonyl (C=O) groups excluding carboxylic acids is 2. The number of amides is 2. The second kappa shape index (κ2) is 6.47. The number of rotatable bonds is 4. The van der Waals surface area contributed by atoms with Gasteiger partial charge in [0.1, 0.15) is 5.82 Å². The molecule has 0 aliphatic carbocycles. The van der Waals surface area contributed by atoms with Gasteiger partial charge in [0.05, 0.1) is 6.54 Å². The highest BCUT2D eigenvalue weighted by atomic mass is 16.2. The molecule has 0 fully saturated rings. The summed E-state index contributed by atoms with van der Waals surface area (Å²) in [5, 5.41) is 5.18. The summed E-state index contributed by atoms with van der Waals surface area (Å²) in [5.74, 6) is -0.118. The molecule has 0 atom stereocenters. The number of nitrogens with one attached hydrogen (secondary N) is 2. The van der Waals surface area contributed by atoms with Crippen molar-refractivity contribution >= 4 is 17.6 Å². The molecule has 0 spiro atoms. The molecule has 102 valence electrons. The molecule has 2 N–H and O–H groups in total. The lowest BCUT2D eigenvalue weighted by molar-refractivity contribution is -0.115. The number of hydrogen-bond acceptors (Lipinski definition) is 3. The molecular formula is C15H15N3O2. The lowest BCUT2D eigenvalue weighted by Gasteiger charge is -2.07. The summed E-state index contributed by atoms with van der Waals surface area (Å²) in [5.41, 5.74) is 1.44. The first-order valence-electron chi connectivity index (χ1n) is 6.21. The van der Waals surface area contributed by atoms with E-state index < -0.39 is 0 Å². The number of aromatic nitrogens is 1. The van der Waals surface area contributed by atoms with Crippen LogP contribution in [0.3, 0.4) is 0 Å². The minimum Gasteiger partial charge on any atom is -0.343 e. The van der Waals surface area contributed by atoms with Gasteiger partial charge in [-0.05, 0) is 30.7 Å². The Bertz CT molecular complexity index is 612. The third kappa shape index (κ3) is 3.65. The first-order valence-corrected chi connectivity index (χ1v) is 6.21. The Morgan fingerprint density at radius 3 is 2.55 bits per heavy atom. The SMILES string of the molecule is Cc1ccccc1C(=O)NCC(=O)Nc1ccccn1. The van der Waals surface area contributed by atoms with E-state index in [1.807, 2.05) is 19.1 Å². The van der Waals surface area contributed by atoms with E-state index in [4.69, 9.17) is 0 Å². The van der Waals surface area contributed by atoms with Crippen molar-refractivity contribution in [1.82, 2.24) is 10.3 Å². The zero-order valence-electron chi connectivity index (χ0n) is 11.1. The van der Waals surface area contributed by atoms with Crippen molar-refractivity contribution in [3.8, 4) is 0 Å². The quantitative estimate of drug-likeness (QED) is 0.888. The Hall–Kier alpha value is -2.69. The number of nitrogens with zero attached hydrogens (tertiary/aromatic N) is 1. The van der Waals surface area contributed by atoms with E-state index >= 15 is 0 Å². The minimum atomic E-state index is -0.314. The van der Waals surface area contributed by atoms with Gasteiger partial charge in [0.25, 0.3) is 5.91 Å². The number of pyridine rings is 1. The van der Waals surface area contributed by atoms with Crippen molar-refractivity contribution in [2.24, 2.45) is 0 Å². The Morgan fingerprint density at radius 1 is 1.10 bits per heavy atom. The molecule has 5 heteroatoms. The third-order valence-electron chi connectivity index (χ3n) is 2.73. The molecule has 2 aromatic rings. The lowest BCUT2D eigenvalue weighted by atomic mass is 10.1. The number of hydrogen-bond donors (Lipinski definition) is 2. The van der Waals surface area contributed by atoms with Crippen LogP contribution >= 0.6 is 0 Å². The first kappa shape index (κ1) is 13.7. The molecule has 5 nitrogen and oxygen atoms in total. The van der Waals surface area contributed by atoms with Crippen LogP contribution in [0.25, 0.3) is 0 Å². The second-order valence-electron chi connectivity index (χ2n) is 4.26. The van der Waals surface area contributed by atoms with Crippen LogP contribution in [0.5, 0.6) is 0 Å². The van der Waals surface area contributed by atoms with Crippen LogP contribution in [0.15, 0.2) is 48.7 Å². The van der Waals surface area contributed by atoms with E-state index in [1.54, 1.807) is 36.5 Å². The zero-order chi connectivity index (χ0) is 14.4. The average molecular weight is 269 g/mol. The maximum absolute atomic E-state index is 11.9. The molecule has 0 unspecified atom stereocenters. The van der Waals surface area contributed by atoms with Gasteiger partial charge in [-0.1, -0.05) is 24.3 Å². The Morgan fingerprint density at radius 2 is 1.85 bits per heavy atom. The second-order valence-corrected chi connectivity index (χ2v) is 4.26. The van der Waals surface area contributed by atoms with Gasteiger partial charge < -0.3 is 10.6 Å². The Kier molecular flexibility index (Phi) is 4.44. The fraction of sp³-hybridized carbons (Fsp3) is 0.133. The van der Waals surface area contributed by atoms with E-state index in [9.17, 15) is 9.59 Å². The molecule has 20 heavy (non-hydrogen) atoms. The van der Waals surface area contributed by atoms with Crippen LogP contribution in [0.4, 0.5) is 5.82 Å². The molecule has 1 heterocycles. The zero-order valence-corrected chi connectivity index (χ0v) is 11.1. The summed E-state index contributed by atoms with van der Waals surface area (Å²) in [6, 6.07) is 12.4. The average Bonchev–Trinajstić information content (AvgIpc) is 2.46. The van der Waals surface area contributed by atoms with Crippen molar-refractivity contribution in [3.05, 3.63) is 59.8 Å². The van der Waals surface area contributed by atoms with Crippen LogP contribution in [-0.2, 0) is 4.79 Å². The third-order valence-corrected chi connectivity index (χ3v) is 2.73. The molecule has 0 aliphatic rings. The maximum atomic E-state index is 11.9. The van der Waals surface area contributed by atoms with Gasteiger partial charge in [0.15, 0.2) is 0 Å². The van der Waals surface area contributed by atoms with E-state index in [0.717, 1.165) is 5.56 Å². The highest BCUT2D eigenvalue weighted by molar-refractivity contribution is 5.99. The molecule has 0 radical (unpaired) electrons. The minimum absolute atomic E-state index is 0.0935. The van der Waals surface area contributed by atoms with Crippen LogP contribution in [-0.4, -0.2) is 23.3 Å². The predicted octanol–water partition coefficient (Wildman–Crippen LogP) is 1.76. The van der Waals surface area contributed by atoms with E-state index in [1.165, 1.54) is 0 Å². The summed E-state index contributed by atoms with van der Waals surface area (Å²) in [7, 11) is 0. The summed E-state index contributed by atoms with van der Waals surface area (Å²) in [6.45, 7) is 1.76. The van der Waals surface area contributed by atoms with Gasteiger partial charge in [-0.2, -0.15) is 0 Å². The normalized spacial score (nSPS) is 9.85. The van der Waals surface area contributed by atoms with Gasteiger partial charge in [-0.25, -0.2) is 4.98 Å².